The predicted molar refractivity (Wildman–Crippen MR) is 92.3 cm³/mol. The van der Waals surface area contributed by atoms with Crippen LogP contribution in [0.1, 0.15) is 10.4 Å². The van der Waals surface area contributed by atoms with Gasteiger partial charge in [-0.1, -0.05) is 6.07 Å². The molecule has 0 amide bonds. The van der Waals surface area contributed by atoms with Crippen LogP contribution in [-0.2, 0) is 16.6 Å². The number of hydrogen-bond donors (Lipinski definition) is 1. The Hall–Kier alpha value is -2.07. The van der Waals surface area contributed by atoms with Gasteiger partial charge >= 0.3 is 6.18 Å². The van der Waals surface area contributed by atoms with Gasteiger partial charge in [0, 0.05) is 16.9 Å². The zero-order valence-corrected chi connectivity index (χ0v) is 14.7. The number of aliphatic imine (C=N–C) groups is 1. The van der Waals surface area contributed by atoms with E-state index < -0.39 is 34.3 Å². The van der Waals surface area contributed by atoms with E-state index in [1.54, 1.807) is 17.5 Å². The van der Waals surface area contributed by atoms with E-state index in [4.69, 9.17) is 5.73 Å². The Morgan fingerprint density at radius 1 is 1.23 bits per heavy atom. The molecule has 0 saturated carbocycles. The average molecular weight is 408 g/mol. The van der Waals surface area contributed by atoms with Crippen LogP contribution in [0.5, 0.6) is 0 Å². The molecule has 1 aromatic heterocycles. The van der Waals surface area contributed by atoms with Crippen molar-refractivity contribution in [3.63, 3.8) is 0 Å². The van der Waals surface area contributed by atoms with Crippen molar-refractivity contribution in [2.45, 2.75) is 11.9 Å². The van der Waals surface area contributed by atoms with Gasteiger partial charge in [0.2, 0.25) is 0 Å². The van der Waals surface area contributed by atoms with Gasteiger partial charge in [-0.15, -0.1) is 11.3 Å². The molecule has 0 saturated heterocycles. The highest BCUT2D eigenvalue weighted by Gasteiger charge is 2.31. The molecule has 0 bridgehead atoms. The van der Waals surface area contributed by atoms with E-state index in [0.29, 0.717) is 17.0 Å². The number of nitrogens with two attached hydrogens (primary N) is 1. The normalized spacial score (nSPS) is 14.5. The monoisotopic (exact) mass is 408 g/mol. The Morgan fingerprint density at radius 3 is 2.42 bits per heavy atom. The number of thiophene rings is 1. The van der Waals surface area contributed by atoms with E-state index in [-0.39, 0.29) is 22.9 Å². The van der Waals surface area contributed by atoms with Crippen LogP contribution in [0.3, 0.4) is 0 Å². The summed E-state index contributed by atoms with van der Waals surface area (Å²) in [6.45, 7) is 0. The molecular weight excluding hydrogens is 395 g/mol. The molecule has 1 aromatic carbocycles. The summed E-state index contributed by atoms with van der Waals surface area (Å²) in [5.74, 6) is -2.14. The summed E-state index contributed by atoms with van der Waals surface area (Å²) in [4.78, 5) is 4.37. The lowest BCUT2D eigenvalue weighted by molar-refractivity contribution is -0.0925. The molecule has 0 fully saturated rings. The van der Waals surface area contributed by atoms with Crippen LogP contribution in [0.15, 0.2) is 52.5 Å². The standard InChI is InChI=1S/C16H13F5N2OS2/c17-11-4-10(5-12(18)6-11)8-26(24)9-23-13(14-2-1-3-25-14)7-15(22)16(19,20)21/h1-7H,8-9,22H2/b15-7-,23-13?. The van der Waals surface area contributed by atoms with Gasteiger partial charge in [0.1, 0.15) is 23.2 Å². The highest BCUT2D eigenvalue weighted by molar-refractivity contribution is 7.84. The Balaban J connectivity index is 2.18. The first-order valence-electron chi connectivity index (χ1n) is 7.08. The van der Waals surface area contributed by atoms with Crippen LogP contribution in [-0.4, -0.2) is 22.0 Å². The highest BCUT2D eigenvalue weighted by Crippen LogP contribution is 2.23. The summed E-state index contributed by atoms with van der Waals surface area (Å²) in [5.41, 5.74) is 3.80. The van der Waals surface area contributed by atoms with E-state index in [0.717, 1.165) is 23.5 Å². The third-order valence-corrected chi connectivity index (χ3v) is 4.99. The topological polar surface area (TPSA) is 55.4 Å². The molecule has 0 aliphatic heterocycles. The Kier molecular flexibility index (Phi) is 6.65. The second kappa shape index (κ2) is 8.54. The fourth-order valence-corrected chi connectivity index (χ4v) is 3.53. The minimum absolute atomic E-state index is 0.0615. The number of rotatable bonds is 6. The minimum atomic E-state index is -4.71. The molecule has 2 N–H and O–H groups in total. The average Bonchev–Trinajstić information content (AvgIpc) is 3.03. The van der Waals surface area contributed by atoms with Crippen LogP contribution in [0.2, 0.25) is 0 Å². The zero-order chi connectivity index (χ0) is 19.3. The van der Waals surface area contributed by atoms with Crippen molar-refractivity contribution in [3.8, 4) is 0 Å². The van der Waals surface area contributed by atoms with E-state index in [9.17, 15) is 26.2 Å². The Labute approximate surface area is 152 Å². The molecule has 0 aliphatic rings. The summed E-state index contributed by atoms with van der Waals surface area (Å²) in [5, 5.41) is 1.65. The van der Waals surface area contributed by atoms with Crippen molar-refractivity contribution in [1.29, 1.82) is 0 Å². The van der Waals surface area contributed by atoms with Crippen molar-refractivity contribution in [2.75, 3.05) is 5.88 Å². The first-order valence-corrected chi connectivity index (χ1v) is 9.44. The van der Waals surface area contributed by atoms with Gasteiger partial charge < -0.3 is 5.73 Å². The zero-order valence-electron chi connectivity index (χ0n) is 13.1. The smallest absolute Gasteiger partial charge is 0.395 e. The van der Waals surface area contributed by atoms with E-state index in [2.05, 4.69) is 4.99 Å². The molecule has 0 aliphatic carbocycles. The number of nitrogens with zero attached hydrogens (tertiary/aromatic N) is 1. The molecule has 3 nitrogen and oxygen atoms in total. The Bertz CT molecular complexity index is 825. The van der Waals surface area contributed by atoms with Crippen LogP contribution < -0.4 is 5.73 Å². The van der Waals surface area contributed by atoms with Crippen LogP contribution in [0.4, 0.5) is 22.0 Å². The number of benzene rings is 1. The van der Waals surface area contributed by atoms with Crippen LogP contribution >= 0.6 is 11.3 Å². The molecule has 1 heterocycles. The minimum Gasteiger partial charge on any atom is -0.395 e. The lowest BCUT2D eigenvalue weighted by Gasteiger charge is -2.07. The number of alkyl halides is 3. The summed E-state index contributed by atoms with van der Waals surface area (Å²) in [6.07, 6.45) is -4.04. The van der Waals surface area contributed by atoms with Crippen molar-refractivity contribution in [2.24, 2.45) is 10.7 Å². The van der Waals surface area contributed by atoms with Crippen molar-refractivity contribution >= 4 is 27.8 Å². The maximum Gasteiger partial charge on any atom is 0.430 e. The lowest BCUT2D eigenvalue weighted by atomic mass is 10.2. The summed E-state index contributed by atoms with van der Waals surface area (Å²) >= 11 is 1.15. The quantitative estimate of drug-likeness (QED) is 0.577. The van der Waals surface area contributed by atoms with E-state index in [1.165, 1.54) is 0 Å². The molecule has 10 heteroatoms. The van der Waals surface area contributed by atoms with Gasteiger partial charge in [0.15, 0.2) is 0 Å². The summed E-state index contributed by atoms with van der Waals surface area (Å²) in [6, 6.07) is 5.93. The van der Waals surface area contributed by atoms with E-state index >= 15 is 0 Å². The fourth-order valence-electron chi connectivity index (χ4n) is 1.92. The van der Waals surface area contributed by atoms with Gasteiger partial charge in [-0.05, 0) is 35.2 Å². The van der Waals surface area contributed by atoms with Gasteiger partial charge in [-0.2, -0.15) is 13.2 Å². The SMILES string of the molecule is N/C(=C\C(=NCS(=O)Cc1cc(F)cc(F)c1)c1cccs1)C(F)(F)F. The van der Waals surface area contributed by atoms with Crippen LogP contribution in [0, 0.1) is 11.6 Å². The maximum absolute atomic E-state index is 13.1. The van der Waals surface area contributed by atoms with Crippen LogP contribution in [0.25, 0.3) is 0 Å². The largest absolute Gasteiger partial charge is 0.430 e. The van der Waals surface area contributed by atoms with Crippen molar-refractivity contribution in [3.05, 3.63) is 69.6 Å². The molecule has 26 heavy (non-hydrogen) atoms. The summed E-state index contributed by atoms with van der Waals surface area (Å²) in [7, 11) is -1.67. The molecule has 140 valence electrons. The second-order valence-electron chi connectivity index (χ2n) is 5.11. The molecule has 0 radical (unpaired) electrons. The van der Waals surface area contributed by atoms with Gasteiger partial charge in [-0.25, -0.2) is 8.78 Å². The first-order chi connectivity index (χ1) is 12.1. The molecular formula is C16H13F5N2OS2. The van der Waals surface area contributed by atoms with Crippen molar-refractivity contribution < 1.29 is 26.2 Å². The predicted octanol–water partition coefficient (Wildman–Crippen LogP) is 4.13. The Morgan fingerprint density at radius 2 is 1.88 bits per heavy atom. The highest BCUT2D eigenvalue weighted by atomic mass is 32.2. The fraction of sp³-hybridized carbons (Fsp3) is 0.188. The number of hydrogen-bond acceptors (Lipinski definition) is 4. The lowest BCUT2D eigenvalue weighted by Crippen LogP contribution is -2.21. The molecule has 2 aromatic rings. The molecule has 0 spiro atoms. The number of halogens is 5. The van der Waals surface area contributed by atoms with Gasteiger partial charge in [0.05, 0.1) is 16.3 Å². The molecule has 1 atom stereocenters. The molecule has 2 rings (SSSR count). The van der Waals surface area contributed by atoms with Gasteiger partial charge in [0.25, 0.3) is 0 Å². The van der Waals surface area contributed by atoms with Gasteiger partial charge in [-0.3, -0.25) is 9.20 Å². The number of allylic oxidation sites excluding steroid dienone is 2. The maximum atomic E-state index is 13.1. The summed E-state index contributed by atoms with van der Waals surface area (Å²) < 4.78 is 76.3. The van der Waals surface area contributed by atoms with Crippen molar-refractivity contribution in [1.82, 2.24) is 0 Å². The second-order valence-corrected chi connectivity index (χ2v) is 7.48. The third-order valence-electron chi connectivity index (χ3n) is 3.02. The first kappa shape index (κ1) is 20.2. The van der Waals surface area contributed by atoms with E-state index in [1.807, 2.05) is 0 Å². The third kappa shape index (κ3) is 6.03. The molecule has 1 unspecified atom stereocenters.